The van der Waals surface area contributed by atoms with Gasteiger partial charge in [-0.3, -0.25) is 4.90 Å². The predicted octanol–water partition coefficient (Wildman–Crippen LogP) is 4.19. The van der Waals surface area contributed by atoms with E-state index in [1.54, 1.807) is 0 Å². The van der Waals surface area contributed by atoms with E-state index in [0.717, 1.165) is 56.5 Å². The van der Waals surface area contributed by atoms with Gasteiger partial charge < -0.3 is 9.30 Å². The molecular weight excluding hydrogens is 348 g/mol. The summed E-state index contributed by atoms with van der Waals surface area (Å²) < 4.78 is 8.85. The van der Waals surface area contributed by atoms with E-state index >= 15 is 0 Å². The Balaban J connectivity index is 1.20. The molecule has 1 aliphatic carbocycles. The van der Waals surface area contributed by atoms with Crippen molar-refractivity contribution in [3.05, 3.63) is 54.2 Å². The van der Waals surface area contributed by atoms with Crippen LogP contribution >= 0.6 is 0 Å². The second kappa shape index (κ2) is 7.55. The van der Waals surface area contributed by atoms with Gasteiger partial charge in [-0.15, -0.1) is 0 Å². The van der Waals surface area contributed by atoms with Gasteiger partial charge in [-0.25, -0.2) is 9.97 Å². The number of hydrogen-bond donors (Lipinski definition) is 0. The normalized spacial score (nSPS) is 18.6. The van der Waals surface area contributed by atoms with Gasteiger partial charge in [0.05, 0.1) is 5.52 Å². The van der Waals surface area contributed by atoms with Gasteiger partial charge in [0.2, 0.25) is 0 Å². The zero-order chi connectivity index (χ0) is 18.9. The average molecular weight is 377 g/mol. The molecule has 2 fully saturated rings. The SMILES string of the molecule is Cc1ncc(CN2CCC(Oc3cccc4c3ccn4CC3CC3)CC2)cn1. The lowest BCUT2D eigenvalue weighted by molar-refractivity contribution is 0.0978. The summed E-state index contributed by atoms with van der Waals surface area (Å²) in [6.07, 6.45) is 11.3. The topological polar surface area (TPSA) is 43.2 Å². The van der Waals surface area contributed by atoms with Crippen LogP contribution in [0, 0.1) is 12.8 Å². The summed E-state index contributed by atoms with van der Waals surface area (Å²) in [5.74, 6) is 2.75. The van der Waals surface area contributed by atoms with Gasteiger partial charge in [-0.05, 0) is 56.7 Å². The minimum atomic E-state index is 0.294. The van der Waals surface area contributed by atoms with Gasteiger partial charge in [0, 0.05) is 55.7 Å². The van der Waals surface area contributed by atoms with E-state index in [0.29, 0.717) is 6.10 Å². The smallest absolute Gasteiger partial charge is 0.129 e. The lowest BCUT2D eigenvalue weighted by Gasteiger charge is -2.32. The zero-order valence-corrected chi connectivity index (χ0v) is 16.6. The highest BCUT2D eigenvalue weighted by molar-refractivity contribution is 5.86. The number of likely N-dealkylation sites (tertiary alicyclic amines) is 1. The van der Waals surface area contributed by atoms with Crippen molar-refractivity contribution in [1.29, 1.82) is 0 Å². The third-order valence-corrected chi connectivity index (χ3v) is 5.99. The number of rotatable bonds is 6. The Bertz CT molecular complexity index is 937. The second-order valence-corrected chi connectivity index (χ2v) is 8.33. The minimum Gasteiger partial charge on any atom is -0.490 e. The number of benzene rings is 1. The van der Waals surface area contributed by atoms with Crippen LogP contribution in [0.25, 0.3) is 10.9 Å². The van der Waals surface area contributed by atoms with Gasteiger partial charge in [0.1, 0.15) is 17.7 Å². The molecule has 1 aromatic carbocycles. The van der Waals surface area contributed by atoms with Crippen LogP contribution in [-0.4, -0.2) is 38.6 Å². The van der Waals surface area contributed by atoms with Crippen LogP contribution < -0.4 is 4.74 Å². The molecule has 0 atom stereocenters. The van der Waals surface area contributed by atoms with Crippen molar-refractivity contribution in [2.75, 3.05) is 13.1 Å². The first-order chi connectivity index (χ1) is 13.7. The fourth-order valence-corrected chi connectivity index (χ4v) is 4.16. The standard InChI is InChI=1S/C23H28N4O/c1-17-24-13-19(14-25-17)15-26-10-7-20(8-11-26)28-23-4-2-3-22-21(23)9-12-27(22)16-18-5-6-18/h2-4,9,12-14,18,20H,5-8,10-11,15-16H2,1H3. The maximum atomic E-state index is 6.45. The highest BCUT2D eigenvalue weighted by atomic mass is 16.5. The molecule has 3 aromatic rings. The Morgan fingerprint density at radius 1 is 1.04 bits per heavy atom. The van der Waals surface area contributed by atoms with Gasteiger partial charge in [-0.1, -0.05) is 6.07 Å². The largest absolute Gasteiger partial charge is 0.490 e. The molecule has 146 valence electrons. The molecule has 28 heavy (non-hydrogen) atoms. The number of hydrogen-bond acceptors (Lipinski definition) is 4. The number of nitrogens with zero attached hydrogens (tertiary/aromatic N) is 4. The molecule has 5 nitrogen and oxygen atoms in total. The first-order valence-electron chi connectivity index (χ1n) is 10.5. The quantitative estimate of drug-likeness (QED) is 0.647. The molecule has 1 saturated carbocycles. The van der Waals surface area contributed by atoms with Crippen LogP contribution in [0.3, 0.4) is 0 Å². The molecule has 0 bridgehead atoms. The molecule has 1 aliphatic heterocycles. The van der Waals surface area contributed by atoms with Crippen molar-refractivity contribution in [3.63, 3.8) is 0 Å². The summed E-state index contributed by atoms with van der Waals surface area (Å²) >= 11 is 0. The molecule has 2 aromatic heterocycles. The Morgan fingerprint density at radius 3 is 2.57 bits per heavy atom. The first kappa shape index (κ1) is 17.7. The summed E-state index contributed by atoms with van der Waals surface area (Å²) in [6.45, 7) is 6.10. The Labute approximate surface area is 166 Å². The van der Waals surface area contributed by atoms with Crippen LogP contribution in [0.1, 0.15) is 37.1 Å². The number of aryl methyl sites for hydroxylation is 1. The summed E-state index contributed by atoms with van der Waals surface area (Å²) in [6, 6.07) is 8.70. The molecule has 2 aliphatic rings. The number of aromatic nitrogens is 3. The van der Waals surface area contributed by atoms with Gasteiger partial charge >= 0.3 is 0 Å². The fraction of sp³-hybridized carbons (Fsp3) is 0.478. The fourth-order valence-electron chi connectivity index (χ4n) is 4.16. The van der Waals surface area contributed by atoms with Crippen LogP contribution in [-0.2, 0) is 13.1 Å². The highest BCUT2D eigenvalue weighted by Gasteiger charge is 2.24. The molecule has 0 spiro atoms. The summed E-state index contributed by atoms with van der Waals surface area (Å²) in [5, 5.41) is 1.25. The monoisotopic (exact) mass is 376 g/mol. The zero-order valence-electron chi connectivity index (χ0n) is 16.6. The Hall–Kier alpha value is -2.40. The minimum absolute atomic E-state index is 0.294. The van der Waals surface area contributed by atoms with Gasteiger partial charge in [0.15, 0.2) is 0 Å². The second-order valence-electron chi connectivity index (χ2n) is 8.33. The third-order valence-electron chi connectivity index (χ3n) is 5.99. The molecular formula is C23H28N4O. The summed E-state index contributed by atoms with van der Waals surface area (Å²) in [4.78, 5) is 11.1. The van der Waals surface area contributed by atoms with Gasteiger partial charge in [-0.2, -0.15) is 0 Å². The van der Waals surface area contributed by atoms with Crippen LogP contribution in [0.15, 0.2) is 42.9 Å². The van der Waals surface area contributed by atoms with E-state index in [-0.39, 0.29) is 0 Å². The van der Waals surface area contributed by atoms with Crippen LogP contribution in [0.4, 0.5) is 0 Å². The number of piperidine rings is 1. The molecule has 0 amide bonds. The average Bonchev–Trinajstić information content (AvgIpc) is 3.44. The van der Waals surface area contributed by atoms with Crippen molar-refractivity contribution in [3.8, 4) is 5.75 Å². The van der Waals surface area contributed by atoms with E-state index in [4.69, 9.17) is 4.74 Å². The van der Waals surface area contributed by atoms with Gasteiger partial charge in [0.25, 0.3) is 0 Å². The highest BCUT2D eigenvalue weighted by Crippen LogP contribution is 2.34. The van der Waals surface area contributed by atoms with E-state index in [9.17, 15) is 0 Å². The molecule has 0 N–H and O–H groups in total. The molecule has 0 radical (unpaired) electrons. The van der Waals surface area contributed by atoms with E-state index in [1.165, 1.54) is 29.3 Å². The number of fused-ring (bicyclic) bond motifs is 1. The predicted molar refractivity (Wildman–Crippen MR) is 110 cm³/mol. The lowest BCUT2D eigenvalue weighted by Crippen LogP contribution is -2.37. The van der Waals surface area contributed by atoms with E-state index in [1.807, 2.05) is 19.3 Å². The third kappa shape index (κ3) is 3.90. The first-order valence-corrected chi connectivity index (χ1v) is 10.5. The number of ether oxygens (including phenoxy) is 1. The van der Waals surface area contributed by atoms with Crippen molar-refractivity contribution in [2.24, 2.45) is 5.92 Å². The van der Waals surface area contributed by atoms with E-state index in [2.05, 4.69) is 49.9 Å². The summed E-state index contributed by atoms with van der Waals surface area (Å²) in [5.41, 5.74) is 2.49. The van der Waals surface area contributed by atoms with Crippen molar-refractivity contribution >= 4 is 10.9 Å². The van der Waals surface area contributed by atoms with Crippen LogP contribution in [0.5, 0.6) is 5.75 Å². The maximum Gasteiger partial charge on any atom is 0.129 e. The summed E-state index contributed by atoms with van der Waals surface area (Å²) in [7, 11) is 0. The Morgan fingerprint density at radius 2 is 1.82 bits per heavy atom. The van der Waals surface area contributed by atoms with Crippen molar-refractivity contribution < 1.29 is 4.74 Å². The molecule has 3 heterocycles. The maximum absolute atomic E-state index is 6.45. The van der Waals surface area contributed by atoms with Crippen molar-refractivity contribution in [2.45, 2.75) is 51.8 Å². The Kier molecular flexibility index (Phi) is 4.77. The van der Waals surface area contributed by atoms with Crippen LogP contribution in [0.2, 0.25) is 0 Å². The van der Waals surface area contributed by atoms with Crippen molar-refractivity contribution in [1.82, 2.24) is 19.4 Å². The molecule has 0 unspecified atom stereocenters. The molecule has 1 saturated heterocycles. The van der Waals surface area contributed by atoms with E-state index < -0.39 is 0 Å². The molecule has 5 heteroatoms. The molecule has 5 rings (SSSR count). The lowest BCUT2D eigenvalue weighted by atomic mass is 10.1.